The maximum atomic E-state index is 5.12. The molecule has 0 bridgehead atoms. The monoisotopic (exact) mass is 309 g/mol. The SMILES string of the molecule is COc1ccc(-c2cc3c(N4CCNCC4)ccnn3c2)cn1. The molecular formula is C17H19N5O. The van der Waals surface area contributed by atoms with E-state index in [-0.39, 0.29) is 0 Å². The van der Waals surface area contributed by atoms with Crippen LogP contribution < -0.4 is 15.0 Å². The summed E-state index contributed by atoms with van der Waals surface area (Å²) in [6.07, 6.45) is 5.74. The third-order valence-electron chi connectivity index (χ3n) is 4.22. The van der Waals surface area contributed by atoms with Crippen LogP contribution in [0.5, 0.6) is 5.88 Å². The molecule has 1 N–H and O–H groups in total. The number of rotatable bonds is 3. The van der Waals surface area contributed by atoms with E-state index < -0.39 is 0 Å². The zero-order chi connectivity index (χ0) is 15.6. The minimum atomic E-state index is 0.622. The van der Waals surface area contributed by atoms with Gasteiger partial charge in [-0.25, -0.2) is 9.50 Å². The fourth-order valence-corrected chi connectivity index (χ4v) is 3.00. The van der Waals surface area contributed by atoms with Crippen LogP contribution in [0, 0.1) is 0 Å². The molecule has 23 heavy (non-hydrogen) atoms. The van der Waals surface area contributed by atoms with Crippen molar-refractivity contribution in [3.8, 4) is 17.0 Å². The number of ether oxygens (including phenoxy) is 1. The summed E-state index contributed by atoms with van der Waals surface area (Å²) in [6.45, 7) is 4.07. The van der Waals surface area contributed by atoms with Crippen LogP contribution in [0.3, 0.4) is 0 Å². The van der Waals surface area contributed by atoms with Gasteiger partial charge in [-0.2, -0.15) is 5.10 Å². The van der Waals surface area contributed by atoms with Crippen LogP contribution in [-0.2, 0) is 0 Å². The smallest absolute Gasteiger partial charge is 0.212 e. The van der Waals surface area contributed by atoms with E-state index in [4.69, 9.17) is 4.74 Å². The highest BCUT2D eigenvalue weighted by atomic mass is 16.5. The number of pyridine rings is 1. The van der Waals surface area contributed by atoms with E-state index in [0.717, 1.165) is 42.8 Å². The molecule has 0 atom stereocenters. The lowest BCUT2D eigenvalue weighted by atomic mass is 10.1. The van der Waals surface area contributed by atoms with Crippen molar-refractivity contribution in [2.45, 2.75) is 0 Å². The lowest BCUT2D eigenvalue weighted by Gasteiger charge is -2.29. The second-order valence-electron chi connectivity index (χ2n) is 5.60. The van der Waals surface area contributed by atoms with Gasteiger partial charge in [0.15, 0.2) is 0 Å². The summed E-state index contributed by atoms with van der Waals surface area (Å²) in [5.41, 5.74) is 4.52. The Balaban J connectivity index is 1.74. The molecule has 3 aromatic rings. The molecule has 0 saturated carbocycles. The van der Waals surface area contributed by atoms with Crippen molar-refractivity contribution in [2.75, 3.05) is 38.2 Å². The van der Waals surface area contributed by atoms with Gasteiger partial charge in [-0.05, 0) is 18.2 Å². The standard InChI is InChI=1S/C17H19N5O/c1-23-17-3-2-13(11-19-17)14-10-16-15(4-5-20-22(16)12-14)21-8-6-18-7-9-21/h2-5,10-12,18H,6-9H2,1H3. The topological polar surface area (TPSA) is 54.7 Å². The minimum Gasteiger partial charge on any atom is -0.481 e. The number of fused-ring (bicyclic) bond motifs is 1. The average Bonchev–Trinajstić information content (AvgIpc) is 3.06. The molecule has 1 aliphatic heterocycles. The highest BCUT2D eigenvalue weighted by molar-refractivity contribution is 5.79. The average molecular weight is 309 g/mol. The third kappa shape index (κ3) is 2.61. The Morgan fingerprint density at radius 2 is 2.00 bits per heavy atom. The summed E-state index contributed by atoms with van der Waals surface area (Å²) in [5, 5.41) is 7.84. The Bertz CT molecular complexity index is 805. The van der Waals surface area contributed by atoms with Gasteiger partial charge < -0.3 is 15.0 Å². The number of methoxy groups -OCH3 is 1. The van der Waals surface area contributed by atoms with E-state index in [1.54, 1.807) is 7.11 Å². The van der Waals surface area contributed by atoms with Crippen molar-refractivity contribution < 1.29 is 4.74 Å². The van der Waals surface area contributed by atoms with Gasteiger partial charge in [-0.15, -0.1) is 0 Å². The van der Waals surface area contributed by atoms with Crippen LogP contribution in [-0.4, -0.2) is 47.9 Å². The lowest BCUT2D eigenvalue weighted by Crippen LogP contribution is -2.43. The zero-order valence-corrected chi connectivity index (χ0v) is 13.1. The van der Waals surface area contributed by atoms with Crippen molar-refractivity contribution >= 4 is 11.2 Å². The van der Waals surface area contributed by atoms with Crippen molar-refractivity contribution in [1.29, 1.82) is 0 Å². The van der Waals surface area contributed by atoms with Gasteiger partial charge in [0.2, 0.25) is 5.88 Å². The number of piperazine rings is 1. The van der Waals surface area contributed by atoms with Crippen LogP contribution in [0.25, 0.3) is 16.6 Å². The summed E-state index contributed by atoms with van der Waals surface area (Å²) < 4.78 is 7.06. The molecule has 0 unspecified atom stereocenters. The van der Waals surface area contributed by atoms with Crippen molar-refractivity contribution in [2.24, 2.45) is 0 Å². The van der Waals surface area contributed by atoms with Crippen molar-refractivity contribution in [1.82, 2.24) is 19.9 Å². The molecular weight excluding hydrogens is 290 g/mol. The fourth-order valence-electron chi connectivity index (χ4n) is 3.00. The first-order chi connectivity index (χ1) is 11.3. The van der Waals surface area contributed by atoms with Gasteiger partial charge in [0.05, 0.1) is 18.3 Å². The zero-order valence-electron chi connectivity index (χ0n) is 13.1. The second-order valence-corrected chi connectivity index (χ2v) is 5.60. The molecule has 0 aromatic carbocycles. The molecule has 0 amide bonds. The van der Waals surface area contributed by atoms with E-state index in [2.05, 4.69) is 32.4 Å². The van der Waals surface area contributed by atoms with Gasteiger partial charge >= 0.3 is 0 Å². The van der Waals surface area contributed by atoms with Crippen LogP contribution in [0.15, 0.2) is 42.9 Å². The molecule has 0 aliphatic carbocycles. The molecule has 1 fully saturated rings. The number of aromatic nitrogens is 3. The molecule has 3 aromatic heterocycles. The van der Waals surface area contributed by atoms with E-state index in [0.29, 0.717) is 5.88 Å². The Kier molecular flexibility index (Phi) is 3.59. The largest absolute Gasteiger partial charge is 0.481 e. The number of hydrogen-bond acceptors (Lipinski definition) is 5. The van der Waals surface area contributed by atoms with E-state index in [1.807, 2.05) is 35.2 Å². The van der Waals surface area contributed by atoms with E-state index >= 15 is 0 Å². The maximum Gasteiger partial charge on any atom is 0.212 e. The third-order valence-corrected chi connectivity index (χ3v) is 4.22. The van der Waals surface area contributed by atoms with Crippen LogP contribution in [0.2, 0.25) is 0 Å². The van der Waals surface area contributed by atoms with Crippen LogP contribution in [0.1, 0.15) is 0 Å². The van der Waals surface area contributed by atoms with Crippen molar-refractivity contribution in [3.05, 3.63) is 42.9 Å². The van der Waals surface area contributed by atoms with E-state index in [1.165, 1.54) is 5.69 Å². The lowest BCUT2D eigenvalue weighted by molar-refractivity contribution is 0.398. The molecule has 1 aliphatic rings. The Hall–Kier alpha value is -2.60. The Morgan fingerprint density at radius 3 is 2.74 bits per heavy atom. The second kappa shape index (κ2) is 5.89. The quantitative estimate of drug-likeness (QED) is 0.800. The number of nitrogens with one attached hydrogen (secondary N) is 1. The summed E-state index contributed by atoms with van der Waals surface area (Å²) in [5.74, 6) is 0.622. The minimum absolute atomic E-state index is 0.622. The van der Waals surface area contributed by atoms with Gasteiger partial charge in [-0.3, -0.25) is 0 Å². The number of hydrogen-bond donors (Lipinski definition) is 1. The Labute approximate surface area is 134 Å². The summed E-state index contributed by atoms with van der Waals surface area (Å²) >= 11 is 0. The predicted molar refractivity (Wildman–Crippen MR) is 90.1 cm³/mol. The molecule has 6 nitrogen and oxygen atoms in total. The predicted octanol–water partition coefficient (Wildman–Crippen LogP) is 1.81. The van der Waals surface area contributed by atoms with Gasteiger partial charge in [0, 0.05) is 62.0 Å². The van der Waals surface area contributed by atoms with Gasteiger partial charge in [-0.1, -0.05) is 0 Å². The summed E-state index contributed by atoms with van der Waals surface area (Å²) in [4.78, 5) is 6.69. The highest BCUT2D eigenvalue weighted by Gasteiger charge is 2.15. The molecule has 0 radical (unpaired) electrons. The highest BCUT2D eigenvalue weighted by Crippen LogP contribution is 2.28. The van der Waals surface area contributed by atoms with Crippen LogP contribution >= 0.6 is 0 Å². The van der Waals surface area contributed by atoms with Crippen molar-refractivity contribution in [3.63, 3.8) is 0 Å². The number of anilines is 1. The molecule has 118 valence electrons. The normalized spacial score (nSPS) is 15.1. The molecule has 6 heteroatoms. The van der Waals surface area contributed by atoms with Gasteiger partial charge in [0.1, 0.15) is 0 Å². The fraction of sp³-hybridized carbons (Fsp3) is 0.294. The first-order valence-corrected chi connectivity index (χ1v) is 7.78. The molecule has 4 heterocycles. The van der Waals surface area contributed by atoms with Crippen LogP contribution in [0.4, 0.5) is 5.69 Å². The first kappa shape index (κ1) is 14.0. The summed E-state index contributed by atoms with van der Waals surface area (Å²) in [6, 6.07) is 8.16. The van der Waals surface area contributed by atoms with E-state index in [9.17, 15) is 0 Å². The Morgan fingerprint density at radius 1 is 1.13 bits per heavy atom. The summed E-state index contributed by atoms with van der Waals surface area (Å²) in [7, 11) is 1.62. The maximum absolute atomic E-state index is 5.12. The number of nitrogens with zero attached hydrogens (tertiary/aromatic N) is 4. The molecule has 1 saturated heterocycles. The van der Waals surface area contributed by atoms with Gasteiger partial charge in [0.25, 0.3) is 0 Å². The molecule has 0 spiro atoms. The first-order valence-electron chi connectivity index (χ1n) is 7.78. The molecule has 4 rings (SSSR count).